The van der Waals surface area contributed by atoms with Crippen molar-refractivity contribution in [3.63, 3.8) is 0 Å². The first-order valence-corrected chi connectivity index (χ1v) is 9.31. The van der Waals surface area contributed by atoms with E-state index in [1.165, 1.54) is 28.4 Å². The van der Waals surface area contributed by atoms with Crippen LogP contribution in [0.15, 0.2) is 18.2 Å². The van der Waals surface area contributed by atoms with Gasteiger partial charge in [0, 0.05) is 17.5 Å². The van der Waals surface area contributed by atoms with Gasteiger partial charge < -0.3 is 0 Å². The van der Waals surface area contributed by atoms with Crippen LogP contribution < -0.4 is 5.32 Å². The molecule has 8 heteroatoms. The van der Waals surface area contributed by atoms with E-state index in [-0.39, 0.29) is 35.2 Å². The molecule has 1 aliphatic heterocycles. The Morgan fingerprint density at radius 3 is 2.46 bits per heavy atom. The average molecular weight is 372 g/mol. The predicted molar refractivity (Wildman–Crippen MR) is 98.6 cm³/mol. The van der Waals surface area contributed by atoms with Gasteiger partial charge in [-0.3, -0.25) is 24.6 Å². The lowest BCUT2D eigenvalue weighted by molar-refractivity contribution is 0.0593. The highest BCUT2D eigenvalue weighted by molar-refractivity contribution is 7.15. The second kappa shape index (κ2) is 6.95. The second-order valence-electron chi connectivity index (χ2n) is 6.55. The van der Waals surface area contributed by atoms with E-state index in [0.717, 1.165) is 5.01 Å². The minimum absolute atomic E-state index is 0.185. The fourth-order valence-corrected chi connectivity index (χ4v) is 3.41. The highest BCUT2D eigenvalue weighted by atomic mass is 32.1. The van der Waals surface area contributed by atoms with Crippen molar-refractivity contribution >= 4 is 34.2 Å². The van der Waals surface area contributed by atoms with Crippen molar-refractivity contribution in [2.75, 3.05) is 5.32 Å². The van der Waals surface area contributed by atoms with E-state index in [2.05, 4.69) is 15.5 Å². The minimum atomic E-state index is -0.388. The SMILES string of the molecule is CC[C@H](C)N1C(=O)c2ccc(C(=O)Nc3nnc(C(C)C)s3)cc2C1=O. The van der Waals surface area contributed by atoms with Crippen molar-refractivity contribution in [1.29, 1.82) is 0 Å². The molecule has 1 aliphatic rings. The standard InChI is InChI=1S/C18H20N4O3S/c1-5-10(4)22-16(24)12-7-6-11(8-13(12)17(22)25)14(23)19-18-21-20-15(26-18)9(2)3/h6-10H,5H2,1-4H3,(H,19,21,23)/t10-/m0/s1. The van der Waals surface area contributed by atoms with Gasteiger partial charge in [0.05, 0.1) is 11.1 Å². The van der Waals surface area contributed by atoms with Gasteiger partial charge in [0.2, 0.25) is 5.13 Å². The van der Waals surface area contributed by atoms with Crippen LogP contribution in [0.2, 0.25) is 0 Å². The Balaban J connectivity index is 1.83. The van der Waals surface area contributed by atoms with Crippen LogP contribution in [0.4, 0.5) is 5.13 Å². The molecule has 0 spiro atoms. The topological polar surface area (TPSA) is 92.3 Å². The number of benzene rings is 1. The smallest absolute Gasteiger partial charge is 0.261 e. The van der Waals surface area contributed by atoms with E-state index < -0.39 is 0 Å². The van der Waals surface area contributed by atoms with Gasteiger partial charge in [0.15, 0.2) is 0 Å². The predicted octanol–water partition coefficient (Wildman–Crippen LogP) is 3.31. The highest BCUT2D eigenvalue weighted by Gasteiger charge is 2.38. The average Bonchev–Trinajstić information content (AvgIpc) is 3.18. The van der Waals surface area contributed by atoms with E-state index >= 15 is 0 Å². The molecular formula is C18H20N4O3S. The molecule has 2 heterocycles. The largest absolute Gasteiger partial charge is 0.296 e. The van der Waals surface area contributed by atoms with Crippen LogP contribution in [0.25, 0.3) is 0 Å². The third-order valence-electron chi connectivity index (χ3n) is 4.37. The number of imide groups is 1. The molecule has 0 aliphatic carbocycles. The van der Waals surface area contributed by atoms with Crippen LogP contribution in [-0.4, -0.2) is 38.9 Å². The molecule has 0 bridgehead atoms. The first kappa shape index (κ1) is 18.2. The zero-order valence-electron chi connectivity index (χ0n) is 15.1. The quantitative estimate of drug-likeness (QED) is 0.813. The van der Waals surface area contributed by atoms with Crippen molar-refractivity contribution in [1.82, 2.24) is 15.1 Å². The second-order valence-corrected chi connectivity index (χ2v) is 7.56. The summed E-state index contributed by atoms with van der Waals surface area (Å²) in [6.45, 7) is 7.74. The van der Waals surface area contributed by atoms with Crippen molar-refractivity contribution < 1.29 is 14.4 Å². The summed E-state index contributed by atoms with van der Waals surface area (Å²) < 4.78 is 0. The molecule has 7 nitrogen and oxygen atoms in total. The number of hydrogen-bond acceptors (Lipinski definition) is 6. The monoisotopic (exact) mass is 372 g/mol. The summed E-state index contributed by atoms with van der Waals surface area (Å²) >= 11 is 1.31. The third-order valence-corrected chi connectivity index (χ3v) is 5.51. The molecule has 0 radical (unpaired) electrons. The molecule has 0 fully saturated rings. The third kappa shape index (κ3) is 3.12. The van der Waals surface area contributed by atoms with E-state index in [1.54, 1.807) is 6.07 Å². The van der Waals surface area contributed by atoms with E-state index in [0.29, 0.717) is 22.7 Å². The molecule has 3 amide bonds. The van der Waals surface area contributed by atoms with E-state index in [1.807, 2.05) is 27.7 Å². The molecule has 1 aromatic carbocycles. The fourth-order valence-electron chi connectivity index (χ4n) is 2.67. The van der Waals surface area contributed by atoms with Crippen molar-refractivity contribution in [3.05, 3.63) is 39.9 Å². The number of anilines is 1. The first-order chi connectivity index (χ1) is 12.3. The number of hydrogen-bond donors (Lipinski definition) is 1. The molecule has 1 aromatic heterocycles. The molecule has 0 saturated heterocycles. The van der Waals surface area contributed by atoms with E-state index in [4.69, 9.17) is 0 Å². The number of carbonyl (C=O) groups is 3. The summed E-state index contributed by atoms with van der Waals surface area (Å²) in [6, 6.07) is 4.36. The zero-order chi connectivity index (χ0) is 19.0. The number of nitrogens with one attached hydrogen (secondary N) is 1. The van der Waals surface area contributed by atoms with Crippen molar-refractivity contribution in [2.24, 2.45) is 0 Å². The lowest BCUT2D eigenvalue weighted by Gasteiger charge is -2.20. The Kier molecular flexibility index (Phi) is 4.86. The lowest BCUT2D eigenvalue weighted by Crippen LogP contribution is -2.37. The Morgan fingerprint density at radius 2 is 1.85 bits per heavy atom. The molecular weight excluding hydrogens is 352 g/mol. The van der Waals surface area contributed by atoms with Gasteiger partial charge in [-0.25, -0.2) is 0 Å². The highest BCUT2D eigenvalue weighted by Crippen LogP contribution is 2.27. The van der Waals surface area contributed by atoms with Gasteiger partial charge in [-0.2, -0.15) is 0 Å². The number of carbonyl (C=O) groups excluding carboxylic acids is 3. The van der Waals surface area contributed by atoms with Crippen molar-refractivity contribution in [3.8, 4) is 0 Å². The first-order valence-electron chi connectivity index (χ1n) is 8.50. The molecule has 136 valence electrons. The Labute approximate surface area is 155 Å². The summed E-state index contributed by atoms with van der Waals surface area (Å²) in [5.41, 5.74) is 0.908. The summed E-state index contributed by atoms with van der Waals surface area (Å²) in [5.74, 6) is -0.821. The van der Waals surface area contributed by atoms with Gasteiger partial charge in [-0.1, -0.05) is 32.1 Å². The molecule has 0 saturated carbocycles. The van der Waals surface area contributed by atoms with Crippen LogP contribution in [0.1, 0.15) is 76.1 Å². The molecule has 1 N–H and O–H groups in total. The maximum atomic E-state index is 12.6. The maximum Gasteiger partial charge on any atom is 0.261 e. The van der Waals surface area contributed by atoms with Gasteiger partial charge in [0.25, 0.3) is 17.7 Å². The molecule has 2 aromatic rings. The van der Waals surface area contributed by atoms with Crippen LogP contribution in [0.5, 0.6) is 0 Å². The normalized spacial score (nSPS) is 14.7. The minimum Gasteiger partial charge on any atom is -0.296 e. The number of aromatic nitrogens is 2. The van der Waals surface area contributed by atoms with E-state index in [9.17, 15) is 14.4 Å². The Morgan fingerprint density at radius 1 is 1.15 bits per heavy atom. The summed E-state index contributed by atoms with van der Waals surface area (Å²) in [4.78, 5) is 38.7. The fraction of sp³-hybridized carbons (Fsp3) is 0.389. The van der Waals surface area contributed by atoms with Gasteiger partial charge >= 0.3 is 0 Å². The summed E-state index contributed by atoms with van der Waals surface area (Å²) in [7, 11) is 0. The number of rotatable bonds is 5. The summed E-state index contributed by atoms with van der Waals surface area (Å²) in [6.07, 6.45) is 0.675. The lowest BCUT2D eigenvalue weighted by atomic mass is 10.1. The Hall–Kier alpha value is -2.61. The van der Waals surface area contributed by atoms with Crippen LogP contribution in [0.3, 0.4) is 0 Å². The van der Waals surface area contributed by atoms with Gasteiger partial charge in [0.1, 0.15) is 5.01 Å². The van der Waals surface area contributed by atoms with Crippen LogP contribution in [0, 0.1) is 0 Å². The Bertz CT molecular complexity index is 890. The molecule has 1 atom stereocenters. The van der Waals surface area contributed by atoms with Crippen LogP contribution in [-0.2, 0) is 0 Å². The number of nitrogens with zero attached hydrogens (tertiary/aromatic N) is 3. The maximum absolute atomic E-state index is 12.6. The number of amides is 3. The van der Waals surface area contributed by atoms with Crippen LogP contribution >= 0.6 is 11.3 Å². The summed E-state index contributed by atoms with van der Waals surface area (Å²) in [5, 5.41) is 11.9. The van der Waals surface area contributed by atoms with Crippen molar-refractivity contribution in [2.45, 2.75) is 46.1 Å². The molecule has 26 heavy (non-hydrogen) atoms. The van der Waals surface area contributed by atoms with Gasteiger partial charge in [-0.15, -0.1) is 10.2 Å². The number of fused-ring (bicyclic) bond motifs is 1. The van der Waals surface area contributed by atoms with Gasteiger partial charge in [-0.05, 0) is 31.5 Å². The molecule has 0 unspecified atom stereocenters. The zero-order valence-corrected chi connectivity index (χ0v) is 15.9. The molecule has 3 rings (SSSR count).